The van der Waals surface area contributed by atoms with E-state index in [9.17, 15) is 4.79 Å². The molecule has 10 heteroatoms. The molecule has 216 valence electrons. The summed E-state index contributed by atoms with van der Waals surface area (Å²) in [6.07, 6.45) is 3.95. The SMILES string of the molecule is Nc1nc2c(c(N3CCN(CCOC4CC(CC(=O)O)C4)CC3)n1)CCc1cc(OCc3ccc(Cl)cc3)ccc1-2. The van der Waals surface area contributed by atoms with Crippen LogP contribution in [0.4, 0.5) is 11.8 Å². The first kappa shape index (κ1) is 27.8. The number of aryl methyl sites for hydroxylation is 1. The van der Waals surface area contributed by atoms with Crippen molar-refractivity contribution < 1.29 is 19.4 Å². The van der Waals surface area contributed by atoms with E-state index in [-0.39, 0.29) is 18.4 Å². The summed E-state index contributed by atoms with van der Waals surface area (Å²) in [5.74, 6) is 1.65. The third-order valence-corrected chi connectivity index (χ3v) is 8.64. The van der Waals surface area contributed by atoms with Crippen molar-refractivity contribution in [3.05, 3.63) is 64.2 Å². The predicted octanol–water partition coefficient (Wildman–Crippen LogP) is 4.45. The lowest BCUT2D eigenvalue weighted by molar-refractivity contribution is -0.140. The van der Waals surface area contributed by atoms with E-state index in [2.05, 4.69) is 26.9 Å². The fourth-order valence-corrected chi connectivity index (χ4v) is 6.19. The van der Waals surface area contributed by atoms with Gasteiger partial charge in [-0.15, -0.1) is 0 Å². The molecule has 0 atom stereocenters. The second-order valence-corrected chi connectivity index (χ2v) is 11.7. The lowest BCUT2D eigenvalue weighted by Crippen LogP contribution is -2.48. The monoisotopic (exact) mass is 577 g/mol. The highest BCUT2D eigenvalue weighted by Gasteiger charge is 2.32. The van der Waals surface area contributed by atoms with Crippen molar-refractivity contribution in [2.45, 2.75) is 44.8 Å². The lowest BCUT2D eigenvalue weighted by Gasteiger charge is -2.38. The van der Waals surface area contributed by atoms with E-state index in [0.717, 1.165) is 86.8 Å². The van der Waals surface area contributed by atoms with Gasteiger partial charge in [-0.3, -0.25) is 9.69 Å². The molecule has 1 saturated heterocycles. The molecule has 0 amide bonds. The maximum absolute atomic E-state index is 10.8. The maximum atomic E-state index is 10.8. The Labute approximate surface area is 245 Å². The van der Waals surface area contributed by atoms with Crippen LogP contribution in [0.15, 0.2) is 42.5 Å². The molecule has 2 aromatic carbocycles. The number of nitrogen functional groups attached to an aromatic ring is 1. The van der Waals surface area contributed by atoms with E-state index in [1.807, 2.05) is 30.3 Å². The molecule has 9 nitrogen and oxygen atoms in total. The third kappa shape index (κ3) is 6.58. The first-order valence-corrected chi connectivity index (χ1v) is 14.8. The molecule has 2 heterocycles. The van der Waals surface area contributed by atoms with E-state index in [1.165, 1.54) is 11.1 Å². The maximum Gasteiger partial charge on any atom is 0.303 e. The number of carboxylic acid groups (broad SMARTS) is 1. The number of piperazine rings is 1. The smallest absolute Gasteiger partial charge is 0.303 e. The van der Waals surface area contributed by atoms with Crippen molar-refractivity contribution in [2.24, 2.45) is 5.92 Å². The summed E-state index contributed by atoms with van der Waals surface area (Å²) in [7, 11) is 0. The topological polar surface area (TPSA) is 114 Å². The van der Waals surface area contributed by atoms with Crippen molar-refractivity contribution in [3.8, 4) is 17.0 Å². The first-order valence-electron chi connectivity index (χ1n) is 14.4. The van der Waals surface area contributed by atoms with Crippen molar-refractivity contribution in [1.82, 2.24) is 14.9 Å². The minimum Gasteiger partial charge on any atom is -0.489 e. The largest absolute Gasteiger partial charge is 0.489 e. The van der Waals surface area contributed by atoms with E-state index < -0.39 is 5.97 Å². The van der Waals surface area contributed by atoms with Crippen LogP contribution in [0.3, 0.4) is 0 Å². The molecule has 1 aromatic heterocycles. The number of anilines is 2. The summed E-state index contributed by atoms with van der Waals surface area (Å²) in [5, 5.41) is 9.62. The Balaban J connectivity index is 1.05. The van der Waals surface area contributed by atoms with Gasteiger partial charge in [0.25, 0.3) is 0 Å². The van der Waals surface area contributed by atoms with Crippen LogP contribution in [0.25, 0.3) is 11.3 Å². The minimum absolute atomic E-state index is 0.213. The number of nitrogens with two attached hydrogens (primary N) is 1. The van der Waals surface area contributed by atoms with Gasteiger partial charge in [0, 0.05) is 55.3 Å². The Kier molecular flexibility index (Phi) is 8.27. The van der Waals surface area contributed by atoms with Crippen molar-refractivity contribution in [3.63, 3.8) is 0 Å². The second-order valence-electron chi connectivity index (χ2n) is 11.2. The van der Waals surface area contributed by atoms with Gasteiger partial charge >= 0.3 is 5.97 Å². The predicted molar refractivity (Wildman–Crippen MR) is 158 cm³/mol. The second kappa shape index (κ2) is 12.2. The molecule has 0 unspecified atom stereocenters. The number of fused-ring (bicyclic) bond motifs is 3. The molecular formula is C31H36ClN5O4. The van der Waals surface area contributed by atoms with Gasteiger partial charge in [0.1, 0.15) is 18.2 Å². The zero-order valence-corrected chi connectivity index (χ0v) is 23.9. The molecule has 0 radical (unpaired) electrons. The number of halogens is 1. The molecule has 3 aromatic rings. The van der Waals surface area contributed by atoms with Crippen molar-refractivity contribution in [2.75, 3.05) is 50.0 Å². The Bertz CT molecular complexity index is 1390. The fourth-order valence-electron chi connectivity index (χ4n) is 6.06. The van der Waals surface area contributed by atoms with Crippen LogP contribution in [0.2, 0.25) is 5.02 Å². The normalized spacial score (nSPS) is 20.2. The standard InChI is InChI=1S/C31H36ClN5O4/c32-23-4-1-20(2-5-23)19-41-24-6-8-26-22(18-24)3-7-27-29(26)34-31(33)35-30(27)37-11-9-36(10-12-37)13-14-40-25-15-21(16-25)17-28(38)39/h1-2,4-6,8,18,21,25H,3,7,9-17,19H2,(H,38,39)(H2,33,34,35). The highest BCUT2D eigenvalue weighted by atomic mass is 35.5. The van der Waals surface area contributed by atoms with Gasteiger partial charge in [-0.1, -0.05) is 23.7 Å². The highest BCUT2D eigenvalue weighted by Crippen LogP contribution is 2.39. The molecule has 0 spiro atoms. The van der Waals surface area contributed by atoms with Crippen LogP contribution in [0.5, 0.6) is 5.75 Å². The molecule has 0 bridgehead atoms. The zero-order chi connectivity index (χ0) is 28.3. The van der Waals surface area contributed by atoms with Crippen LogP contribution >= 0.6 is 11.6 Å². The Morgan fingerprint density at radius 1 is 1.05 bits per heavy atom. The Morgan fingerprint density at radius 2 is 1.83 bits per heavy atom. The van der Waals surface area contributed by atoms with Gasteiger partial charge in [-0.25, -0.2) is 4.98 Å². The van der Waals surface area contributed by atoms with Gasteiger partial charge in [0.15, 0.2) is 0 Å². The number of benzene rings is 2. The average molecular weight is 578 g/mol. The average Bonchev–Trinajstić information content (AvgIpc) is 2.95. The van der Waals surface area contributed by atoms with Crippen LogP contribution in [-0.4, -0.2) is 71.4 Å². The number of nitrogens with zero attached hydrogens (tertiary/aromatic N) is 4. The first-order chi connectivity index (χ1) is 19.9. The quantitative estimate of drug-likeness (QED) is 0.361. The van der Waals surface area contributed by atoms with Crippen LogP contribution in [-0.2, 0) is 29.0 Å². The molecule has 6 rings (SSSR count). The summed E-state index contributed by atoms with van der Waals surface area (Å²) in [6.45, 7) is 5.65. The Hall–Kier alpha value is -3.40. The number of ether oxygens (including phenoxy) is 2. The zero-order valence-electron chi connectivity index (χ0n) is 23.1. The van der Waals surface area contributed by atoms with Gasteiger partial charge in [-0.05, 0) is 73.1 Å². The molecule has 2 fully saturated rings. The number of hydrogen-bond acceptors (Lipinski definition) is 8. The molecule has 41 heavy (non-hydrogen) atoms. The van der Waals surface area contributed by atoms with Gasteiger partial charge in [0.05, 0.1) is 18.4 Å². The molecular weight excluding hydrogens is 542 g/mol. The molecule has 3 N–H and O–H groups in total. The van der Waals surface area contributed by atoms with E-state index in [0.29, 0.717) is 24.2 Å². The number of aliphatic carboxylic acids is 1. The number of carboxylic acids is 1. The highest BCUT2D eigenvalue weighted by molar-refractivity contribution is 6.30. The van der Waals surface area contributed by atoms with Crippen LogP contribution in [0.1, 0.15) is 36.0 Å². The molecule has 2 aliphatic carbocycles. The summed E-state index contributed by atoms with van der Waals surface area (Å²) in [6, 6.07) is 13.9. The Morgan fingerprint density at radius 3 is 2.59 bits per heavy atom. The van der Waals surface area contributed by atoms with E-state index >= 15 is 0 Å². The molecule has 1 saturated carbocycles. The lowest BCUT2D eigenvalue weighted by atomic mass is 9.80. The number of hydrogen-bond donors (Lipinski definition) is 2. The number of aromatic nitrogens is 2. The minimum atomic E-state index is -0.716. The van der Waals surface area contributed by atoms with E-state index in [4.69, 9.17) is 36.9 Å². The van der Waals surface area contributed by atoms with Crippen LogP contribution < -0.4 is 15.4 Å². The molecule has 3 aliphatic rings. The van der Waals surface area contributed by atoms with Crippen molar-refractivity contribution in [1.29, 1.82) is 0 Å². The van der Waals surface area contributed by atoms with Gasteiger partial charge in [-0.2, -0.15) is 4.98 Å². The van der Waals surface area contributed by atoms with Crippen LogP contribution in [0, 0.1) is 5.92 Å². The van der Waals surface area contributed by atoms with Gasteiger partial charge in [0.2, 0.25) is 5.95 Å². The number of rotatable bonds is 10. The van der Waals surface area contributed by atoms with Crippen molar-refractivity contribution >= 4 is 29.3 Å². The number of carbonyl (C=O) groups is 1. The van der Waals surface area contributed by atoms with E-state index in [1.54, 1.807) is 0 Å². The summed E-state index contributed by atoms with van der Waals surface area (Å²) < 4.78 is 12.0. The summed E-state index contributed by atoms with van der Waals surface area (Å²) in [5.41, 5.74) is 11.7. The summed E-state index contributed by atoms with van der Waals surface area (Å²) in [4.78, 5) is 25.0. The summed E-state index contributed by atoms with van der Waals surface area (Å²) >= 11 is 5.99. The van der Waals surface area contributed by atoms with Gasteiger partial charge < -0.3 is 25.2 Å². The third-order valence-electron chi connectivity index (χ3n) is 8.39. The molecule has 1 aliphatic heterocycles. The fraction of sp³-hybridized carbons (Fsp3) is 0.452.